The van der Waals surface area contributed by atoms with Crippen LogP contribution in [-0.2, 0) is 4.79 Å². The lowest BCUT2D eigenvalue weighted by Crippen LogP contribution is -2.50. The number of aliphatic carboxylic acids is 1. The Morgan fingerprint density at radius 2 is 2.08 bits per heavy atom. The molecule has 3 heteroatoms. The summed E-state index contributed by atoms with van der Waals surface area (Å²) < 4.78 is 0. The Hall–Kier alpha value is -0.570. The van der Waals surface area contributed by atoms with Crippen LogP contribution in [0.1, 0.15) is 27.2 Å². The zero-order valence-electron chi connectivity index (χ0n) is 8.45. The van der Waals surface area contributed by atoms with Gasteiger partial charge in [0.25, 0.3) is 0 Å². The number of piperidine rings is 1. The van der Waals surface area contributed by atoms with Gasteiger partial charge in [0, 0.05) is 12.1 Å². The van der Waals surface area contributed by atoms with E-state index in [9.17, 15) is 4.79 Å². The Morgan fingerprint density at radius 1 is 1.46 bits per heavy atom. The largest absolute Gasteiger partial charge is 0.480 e. The van der Waals surface area contributed by atoms with Crippen LogP contribution in [0.5, 0.6) is 0 Å². The van der Waals surface area contributed by atoms with E-state index >= 15 is 0 Å². The van der Waals surface area contributed by atoms with Crippen LogP contribution in [-0.4, -0.2) is 34.1 Å². The van der Waals surface area contributed by atoms with Crippen LogP contribution in [0.15, 0.2) is 0 Å². The minimum atomic E-state index is -0.639. The first-order chi connectivity index (χ1) is 5.91. The lowest BCUT2D eigenvalue weighted by Gasteiger charge is -2.36. The second-order valence-corrected chi connectivity index (χ2v) is 5.27. The van der Waals surface area contributed by atoms with Gasteiger partial charge < -0.3 is 5.11 Å². The minimum Gasteiger partial charge on any atom is -0.480 e. The molecule has 0 bridgehead atoms. The van der Waals surface area contributed by atoms with Gasteiger partial charge in [0.2, 0.25) is 0 Å². The van der Waals surface area contributed by atoms with Crippen molar-refractivity contribution < 1.29 is 9.90 Å². The van der Waals surface area contributed by atoms with Gasteiger partial charge in [-0.3, -0.25) is 9.69 Å². The molecule has 1 saturated heterocycles. The van der Waals surface area contributed by atoms with E-state index in [0.29, 0.717) is 11.8 Å². The average Bonchev–Trinajstić information content (AvgIpc) is 2.58. The zero-order chi connectivity index (χ0) is 9.80. The zero-order valence-corrected chi connectivity index (χ0v) is 8.45. The van der Waals surface area contributed by atoms with Crippen molar-refractivity contribution in [2.75, 3.05) is 6.54 Å². The van der Waals surface area contributed by atoms with Gasteiger partial charge in [-0.2, -0.15) is 0 Å². The van der Waals surface area contributed by atoms with Crippen molar-refractivity contribution in [2.45, 2.75) is 38.8 Å². The summed E-state index contributed by atoms with van der Waals surface area (Å²) >= 11 is 0. The predicted octanol–water partition coefficient (Wildman–Crippen LogP) is 1.19. The average molecular weight is 183 g/mol. The number of hydrogen-bond acceptors (Lipinski definition) is 2. The number of carboxylic acids is 1. The number of rotatable bonds is 1. The van der Waals surface area contributed by atoms with Crippen molar-refractivity contribution >= 4 is 5.97 Å². The number of likely N-dealkylation sites (tertiary alicyclic amines) is 1. The standard InChI is InChI=1S/C10H17NO2/c1-10(2,3)11-5-6-4-7(6)8(11)9(12)13/h6-8H,4-5H2,1-3H3,(H,12,13). The molecule has 1 aliphatic heterocycles. The normalized spacial score (nSPS) is 38.8. The van der Waals surface area contributed by atoms with Crippen LogP contribution < -0.4 is 0 Å². The van der Waals surface area contributed by atoms with Crippen molar-refractivity contribution in [1.82, 2.24) is 4.90 Å². The SMILES string of the molecule is CC(C)(C)N1CC2CC2C1C(=O)O. The summed E-state index contributed by atoms with van der Waals surface area (Å²) in [6.45, 7) is 7.25. The Morgan fingerprint density at radius 3 is 2.46 bits per heavy atom. The predicted molar refractivity (Wildman–Crippen MR) is 49.5 cm³/mol. The number of hydrogen-bond donors (Lipinski definition) is 1. The van der Waals surface area contributed by atoms with Gasteiger partial charge in [-0.05, 0) is 39.0 Å². The van der Waals surface area contributed by atoms with Gasteiger partial charge in [0.1, 0.15) is 6.04 Å². The molecule has 3 nitrogen and oxygen atoms in total. The van der Waals surface area contributed by atoms with E-state index in [2.05, 4.69) is 25.7 Å². The van der Waals surface area contributed by atoms with Crippen LogP contribution in [0.2, 0.25) is 0 Å². The molecule has 2 rings (SSSR count). The van der Waals surface area contributed by atoms with Gasteiger partial charge in [0.05, 0.1) is 0 Å². The second kappa shape index (κ2) is 2.47. The Kier molecular flexibility index (Phi) is 1.71. The highest BCUT2D eigenvalue weighted by atomic mass is 16.4. The molecule has 0 spiro atoms. The molecule has 1 aliphatic carbocycles. The molecule has 0 aromatic carbocycles. The van der Waals surface area contributed by atoms with Gasteiger partial charge in [-0.1, -0.05) is 0 Å². The van der Waals surface area contributed by atoms with E-state index in [1.54, 1.807) is 0 Å². The molecule has 2 aliphatic rings. The topological polar surface area (TPSA) is 40.5 Å². The molecule has 0 aromatic heterocycles. The molecule has 1 N–H and O–H groups in total. The van der Waals surface area contributed by atoms with Crippen LogP contribution in [0.3, 0.4) is 0 Å². The third kappa shape index (κ3) is 1.35. The molecule has 1 heterocycles. The molecule has 1 saturated carbocycles. The third-order valence-corrected chi connectivity index (χ3v) is 3.26. The van der Waals surface area contributed by atoms with Crippen LogP contribution in [0.4, 0.5) is 0 Å². The van der Waals surface area contributed by atoms with Crippen molar-refractivity contribution in [2.24, 2.45) is 11.8 Å². The lowest BCUT2D eigenvalue weighted by molar-refractivity contribution is -0.145. The maximum atomic E-state index is 11.1. The first-order valence-corrected chi connectivity index (χ1v) is 4.91. The summed E-state index contributed by atoms with van der Waals surface area (Å²) in [7, 11) is 0. The fourth-order valence-corrected chi connectivity index (χ4v) is 2.47. The minimum absolute atomic E-state index is 0.00350. The monoisotopic (exact) mass is 183 g/mol. The van der Waals surface area contributed by atoms with Gasteiger partial charge in [-0.15, -0.1) is 0 Å². The second-order valence-electron chi connectivity index (χ2n) is 5.27. The van der Waals surface area contributed by atoms with E-state index in [1.807, 2.05) is 0 Å². The van der Waals surface area contributed by atoms with Crippen molar-refractivity contribution in [3.8, 4) is 0 Å². The van der Waals surface area contributed by atoms with E-state index in [0.717, 1.165) is 13.0 Å². The van der Waals surface area contributed by atoms with Crippen molar-refractivity contribution in [3.05, 3.63) is 0 Å². The summed E-state index contributed by atoms with van der Waals surface area (Å²) in [5.74, 6) is 0.469. The molecule has 2 fully saturated rings. The smallest absolute Gasteiger partial charge is 0.321 e. The molecule has 3 unspecified atom stereocenters. The number of fused-ring (bicyclic) bond motifs is 1. The summed E-state index contributed by atoms with van der Waals surface area (Å²) in [5, 5.41) is 9.10. The van der Waals surface area contributed by atoms with Crippen molar-refractivity contribution in [1.29, 1.82) is 0 Å². The highest BCUT2D eigenvalue weighted by molar-refractivity contribution is 5.75. The Balaban J connectivity index is 2.17. The molecular weight excluding hydrogens is 166 g/mol. The van der Waals surface area contributed by atoms with E-state index < -0.39 is 5.97 Å². The number of nitrogens with zero attached hydrogens (tertiary/aromatic N) is 1. The Bertz CT molecular complexity index is 244. The summed E-state index contributed by atoms with van der Waals surface area (Å²) in [6, 6.07) is -0.218. The quantitative estimate of drug-likeness (QED) is 0.664. The maximum Gasteiger partial charge on any atom is 0.321 e. The molecular formula is C10H17NO2. The summed E-state index contributed by atoms with van der Waals surface area (Å²) in [6.07, 6.45) is 1.13. The van der Waals surface area contributed by atoms with E-state index in [4.69, 9.17) is 5.11 Å². The highest BCUT2D eigenvalue weighted by Gasteiger charge is 2.57. The first kappa shape index (κ1) is 9.00. The van der Waals surface area contributed by atoms with Gasteiger partial charge in [-0.25, -0.2) is 0 Å². The fourth-order valence-electron chi connectivity index (χ4n) is 2.47. The highest BCUT2D eigenvalue weighted by Crippen LogP contribution is 2.51. The van der Waals surface area contributed by atoms with Gasteiger partial charge >= 0.3 is 5.97 Å². The summed E-state index contributed by atoms with van der Waals surface area (Å²) in [5.41, 5.74) is -0.00350. The van der Waals surface area contributed by atoms with Crippen molar-refractivity contribution in [3.63, 3.8) is 0 Å². The molecule has 0 amide bonds. The van der Waals surface area contributed by atoms with Crippen LogP contribution >= 0.6 is 0 Å². The molecule has 0 radical (unpaired) electrons. The Labute approximate surface area is 78.7 Å². The van der Waals surface area contributed by atoms with Crippen LogP contribution in [0, 0.1) is 11.8 Å². The number of carbonyl (C=O) groups is 1. The van der Waals surface area contributed by atoms with E-state index in [-0.39, 0.29) is 11.6 Å². The maximum absolute atomic E-state index is 11.1. The summed E-state index contributed by atoms with van der Waals surface area (Å²) in [4.78, 5) is 13.2. The van der Waals surface area contributed by atoms with E-state index in [1.165, 1.54) is 0 Å². The first-order valence-electron chi connectivity index (χ1n) is 4.91. The lowest BCUT2D eigenvalue weighted by atomic mass is 10.0. The molecule has 0 aromatic rings. The third-order valence-electron chi connectivity index (χ3n) is 3.26. The molecule has 13 heavy (non-hydrogen) atoms. The fraction of sp³-hybridized carbons (Fsp3) is 0.900. The van der Waals surface area contributed by atoms with Crippen LogP contribution in [0.25, 0.3) is 0 Å². The molecule has 74 valence electrons. The number of carboxylic acid groups (broad SMARTS) is 1. The molecule has 3 atom stereocenters. The van der Waals surface area contributed by atoms with Gasteiger partial charge in [0.15, 0.2) is 0 Å².